The maximum absolute atomic E-state index is 12.3. The minimum Gasteiger partial charge on any atom is -0.495 e. The van der Waals surface area contributed by atoms with Crippen LogP contribution in [0.1, 0.15) is 5.56 Å². The second kappa shape index (κ2) is 6.38. The molecule has 1 atom stereocenters. The molecule has 1 unspecified atom stereocenters. The molecule has 0 aromatic heterocycles. The number of ether oxygens (including phenoxy) is 1. The average Bonchev–Trinajstić information content (AvgIpc) is 2.45. The van der Waals surface area contributed by atoms with Crippen LogP contribution in [0.4, 0.5) is 5.69 Å². The maximum atomic E-state index is 12.3. The fourth-order valence-corrected chi connectivity index (χ4v) is 3.06. The second-order valence-corrected chi connectivity index (χ2v) is 5.73. The van der Waals surface area contributed by atoms with Crippen LogP contribution in [0.3, 0.4) is 0 Å². The fourth-order valence-electron chi connectivity index (χ4n) is 1.84. The van der Waals surface area contributed by atoms with E-state index in [9.17, 15) is 4.21 Å². The van der Waals surface area contributed by atoms with Gasteiger partial charge in [-0.05, 0) is 24.1 Å². The topological polar surface area (TPSA) is 52.3 Å². The van der Waals surface area contributed by atoms with Gasteiger partial charge in [0.2, 0.25) is 0 Å². The predicted octanol–water partition coefficient (Wildman–Crippen LogP) is 2.63. The summed E-state index contributed by atoms with van der Waals surface area (Å²) in [5.74, 6) is 1.16. The molecule has 0 saturated heterocycles. The van der Waals surface area contributed by atoms with Gasteiger partial charge in [0.05, 0.1) is 22.8 Å². The lowest BCUT2D eigenvalue weighted by Crippen LogP contribution is -2.04. The quantitative estimate of drug-likeness (QED) is 0.853. The molecule has 19 heavy (non-hydrogen) atoms. The fraction of sp³-hybridized carbons (Fsp3) is 0.200. The normalized spacial score (nSPS) is 12.1. The Morgan fingerprint density at radius 3 is 2.58 bits per heavy atom. The van der Waals surface area contributed by atoms with Crippen LogP contribution >= 0.6 is 0 Å². The van der Waals surface area contributed by atoms with Crippen LogP contribution < -0.4 is 10.5 Å². The third-order valence-corrected chi connectivity index (χ3v) is 4.25. The van der Waals surface area contributed by atoms with Crippen molar-refractivity contribution in [2.24, 2.45) is 0 Å². The molecular weight excluding hydrogens is 258 g/mol. The third-order valence-electron chi connectivity index (χ3n) is 2.85. The number of hydrogen-bond donors (Lipinski definition) is 1. The molecule has 0 fully saturated rings. The van der Waals surface area contributed by atoms with Gasteiger partial charge >= 0.3 is 0 Å². The van der Waals surface area contributed by atoms with Gasteiger partial charge in [0.1, 0.15) is 5.75 Å². The summed E-state index contributed by atoms with van der Waals surface area (Å²) in [5.41, 5.74) is 7.49. The van der Waals surface area contributed by atoms with Crippen LogP contribution in [0.5, 0.6) is 5.75 Å². The van der Waals surface area contributed by atoms with Crippen molar-refractivity contribution in [3.05, 3.63) is 54.1 Å². The molecule has 4 heteroatoms. The standard InChI is InChI=1S/C15H17NO2S/c1-18-14-11-13(16)7-8-15(14)19(17)10-9-12-5-3-2-4-6-12/h2-8,11H,9-10,16H2,1H3. The Bertz CT molecular complexity index is 570. The lowest BCUT2D eigenvalue weighted by atomic mass is 10.2. The minimum absolute atomic E-state index is 0.574. The molecular formula is C15H17NO2S. The smallest absolute Gasteiger partial charge is 0.137 e. The van der Waals surface area contributed by atoms with Gasteiger partial charge in [-0.2, -0.15) is 0 Å². The van der Waals surface area contributed by atoms with Gasteiger partial charge < -0.3 is 10.5 Å². The van der Waals surface area contributed by atoms with Gasteiger partial charge in [-0.1, -0.05) is 30.3 Å². The highest BCUT2D eigenvalue weighted by Gasteiger charge is 2.11. The molecule has 2 N–H and O–H groups in total. The zero-order chi connectivity index (χ0) is 13.7. The number of aryl methyl sites for hydroxylation is 1. The predicted molar refractivity (Wildman–Crippen MR) is 78.8 cm³/mol. The van der Waals surface area contributed by atoms with Crippen LogP contribution in [-0.4, -0.2) is 17.1 Å². The summed E-state index contributed by atoms with van der Waals surface area (Å²) in [6.45, 7) is 0. The Morgan fingerprint density at radius 2 is 1.89 bits per heavy atom. The zero-order valence-corrected chi connectivity index (χ0v) is 11.7. The number of benzene rings is 2. The van der Waals surface area contributed by atoms with Crippen molar-refractivity contribution in [2.75, 3.05) is 18.6 Å². The number of nitrogen functional groups attached to an aromatic ring is 1. The van der Waals surface area contributed by atoms with E-state index in [1.165, 1.54) is 5.56 Å². The van der Waals surface area contributed by atoms with Gasteiger partial charge in [0, 0.05) is 17.5 Å². The summed E-state index contributed by atoms with van der Waals surface area (Å²) >= 11 is 0. The number of methoxy groups -OCH3 is 1. The van der Waals surface area contributed by atoms with E-state index in [0.29, 0.717) is 22.1 Å². The summed E-state index contributed by atoms with van der Waals surface area (Å²) in [7, 11) is 0.478. The van der Waals surface area contributed by atoms with E-state index in [0.717, 1.165) is 6.42 Å². The largest absolute Gasteiger partial charge is 0.495 e. The monoisotopic (exact) mass is 275 g/mol. The van der Waals surface area contributed by atoms with Crippen LogP contribution in [0, 0.1) is 0 Å². The third kappa shape index (κ3) is 3.58. The van der Waals surface area contributed by atoms with E-state index in [2.05, 4.69) is 0 Å². The number of hydrogen-bond acceptors (Lipinski definition) is 3. The summed E-state index contributed by atoms with van der Waals surface area (Å²) in [6, 6.07) is 15.3. The highest BCUT2D eigenvalue weighted by Crippen LogP contribution is 2.25. The first-order valence-corrected chi connectivity index (χ1v) is 7.38. The molecule has 0 spiro atoms. The molecule has 0 aliphatic rings. The highest BCUT2D eigenvalue weighted by atomic mass is 32.2. The van der Waals surface area contributed by atoms with Crippen LogP contribution in [0.15, 0.2) is 53.4 Å². The number of rotatable bonds is 5. The number of anilines is 1. The maximum Gasteiger partial charge on any atom is 0.137 e. The van der Waals surface area contributed by atoms with E-state index >= 15 is 0 Å². The van der Waals surface area contributed by atoms with Crippen LogP contribution in [0.25, 0.3) is 0 Å². The molecule has 0 bridgehead atoms. The molecule has 0 aliphatic carbocycles. The van der Waals surface area contributed by atoms with E-state index in [1.807, 2.05) is 30.3 Å². The molecule has 0 aliphatic heterocycles. The highest BCUT2D eigenvalue weighted by molar-refractivity contribution is 7.85. The Kier molecular flexibility index (Phi) is 4.58. The Balaban J connectivity index is 2.08. The van der Waals surface area contributed by atoms with Crippen molar-refractivity contribution in [3.8, 4) is 5.75 Å². The van der Waals surface area contributed by atoms with Crippen LogP contribution in [-0.2, 0) is 17.2 Å². The van der Waals surface area contributed by atoms with Gasteiger partial charge in [-0.3, -0.25) is 4.21 Å². The van der Waals surface area contributed by atoms with Gasteiger partial charge in [-0.15, -0.1) is 0 Å². The summed E-state index contributed by atoms with van der Waals surface area (Å²) in [4.78, 5) is 0.702. The molecule has 0 amide bonds. The van der Waals surface area contributed by atoms with E-state index in [1.54, 1.807) is 25.3 Å². The summed E-state index contributed by atoms with van der Waals surface area (Å²) in [6.07, 6.45) is 0.779. The average molecular weight is 275 g/mol. The van der Waals surface area contributed by atoms with Gasteiger partial charge in [0.25, 0.3) is 0 Å². The Labute approximate surface area is 115 Å². The molecule has 0 saturated carbocycles. The summed E-state index contributed by atoms with van der Waals surface area (Å²) < 4.78 is 17.5. The van der Waals surface area contributed by atoms with E-state index in [4.69, 9.17) is 10.5 Å². The Hall–Kier alpha value is -1.81. The molecule has 0 radical (unpaired) electrons. The zero-order valence-electron chi connectivity index (χ0n) is 10.8. The lowest BCUT2D eigenvalue weighted by molar-refractivity contribution is 0.404. The van der Waals surface area contributed by atoms with E-state index < -0.39 is 10.8 Å². The number of nitrogens with two attached hydrogens (primary N) is 1. The first-order chi connectivity index (χ1) is 9.20. The summed E-state index contributed by atoms with van der Waals surface area (Å²) in [5, 5.41) is 0. The van der Waals surface area contributed by atoms with Crippen molar-refractivity contribution < 1.29 is 8.95 Å². The first kappa shape index (κ1) is 13.6. The molecule has 0 heterocycles. The van der Waals surface area contributed by atoms with Crippen molar-refractivity contribution >= 4 is 16.5 Å². The lowest BCUT2D eigenvalue weighted by Gasteiger charge is -2.09. The van der Waals surface area contributed by atoms with Crippen molar-refractivity contribution in [3.63, 3.8) is 0 Å². The molecule has 100 valence electrons. The van der Waals surface area contributed by atoms with E-state index in [-0.39, 0.29) is 0 Å². The first-order valence-electron chi connectivity index (χ1n) is 6.06. The second-order valence-electron chi connectivity index (χ2n) is 4.20. The minimum atomic E-state index is -1.08. The van der Waals surface area contributed by atoms with Gasteiger partial charge in [0.15, 0.2) is 0 Å². The van der Waals surface area contributed by atoms with Crippen molar-refractivity contribution in [2.45, 2.75) is 11.3 Å². The molecule has 2 aromatic carbocycles. The molecule has 3 nitrogen and oxygen atoms in total. The van der Waals surface area contributed by atoms with Crippen molar-refractivity contribution in [1.29, 1.82) is 0 Å². The van der Waals surface area contributed by atoms with Crippen molar-refractivity contribution in [1.82, 2.24) is 0 Å². The van der Waals surface area contributed by atoms with Gasteiger partial charge in [-0.25, -0.2) is 0 Å². The Morgan fingerprint density at radius 1 is 1.16 bits per heavy atom. The molecule has 2 aromatic rings. The SMILES string of the molecule is COc1cc(N)ccc1S(=O)CCc1ccccc1. The van der Waals surface area contributed by atoms with Crippen LogP contribution in [0.2, 0.25) is 0 Å². The molecule has 2 rings (SSSR count).